The summed E-state index contributed by atoms with van der Waals surface area (Å²) in [7, 11) is 0. The molecule has 0 amide bonds. The minimum atomic E-state index is -1.28. The van der Waals surface area contributed by atoms with Gasteiger partial charge in [0, 0.05) is 11.6 Å². The predicted octanol–water partition coefficient (Wildman–Crippen LogP) is 2.81. The summed E-state index contributed by atoms with van der Waals surface area (Å²) in [6.45, 7) is 0. The van der Waals surface area contributed by atoms with Crippen molar-refractivity contribution in [1.82, 2.24) is 0 Å². The van der Waals surface area contributed by atoms with Gasteiger partial charge in [-0.05, 0) is 30.9 Å². The van der Waals surface area contributed by atoms with Gasteiger partial charge in [-0.25, -0.2) is 9.18 Å². The first-order chi connectivity index (χ1) is 9.02. The van der Waals surface area contributed by atoms with E-state index in [9.17, 15) is 14.3 Å². The van der Waals surface area contributed by atoms with Crippen molar-refractivity contribution < 1.29 is 19.4 Å². The van der Waals surface area contributed by atoms with Crippen LogP contribution in [0.4, 0.5) is 4.39 Å². The number of aromatic hydroxyl groups is 1. The molecule has 0 heterocycles. The molecule has 2 rings (SSSR count). The maximum atomic E-state index is 13.9. The Morgan fingerprint density at radius 2 is 1.95 bits per heavy atom. The van der Waals surface area contributed by atoms with E-state index in [1.807, 2.05) is 0 Å². The largest absolute Gasteiger partial charge is 0.507 e. The van der Waals surface area contributed by atoms with Gasteiger partial charge in [0.25, 0.3) is 0 Å². The minimum Gasteiger partial charge on any atom is -0.507 e. The summed E-state index contributed by atoms with van der Waals surface area (Å²) in [5.74, 6) is -2.36. The van der Waals surface area contributed by atoms with Crippen molar-refractivity contribution in [2.45, 2.75) is 38.1 Å². The Hall–Kier alpha value is -1.62. The van der Waals surface area contributed by atoms with Gasteiger partial charge in [-0.15, -0.1) is 0 Å². The minimum absolute atomic E-state index is 0.0631. The zero-order valence-corrected chi connectivity index (χ0v) is 10.6. The van der Waals surface area contributed by atoms with Crippen LogP contribution < -0.4 is 5.73 Å². The summed E-state index contributed by atoms with van der Waals surface area (Å²) in [5, 5.41) is 18.9. The van der Waals surface area contributed by atoms with Crippen LogP contribution in [0.1, 0.15) is 54.1 Å². The number of carboxylic acids is 1. The first-order valence-corrected chi connectivity index (χ1v) is 6.52. The molecule has 1 aliphatic carbocycles. The molecule has 4 N–H and O–H groups in total. The normalized spacial score (nSPS) is 18.2. The highest BCUT2D eigenvalue weighted by Gasteiger charge is 2.28. The molecule has 0 aromatic heterocycles. The number of rotatable bonds is 3. The molecule has 4 nitrogen and oxygen atoms in total. The maximum Gasteiger partial charge on any atom is 0.339 e. The molecule has 1 aliphatic rings. The molecule has 0 saturated heterocycles. The zero-order valence-electron chi connectivity index (χ0n) is 10.6. The van der Waals surface area contributed by atoms with Crippen LogP contribution in [0.25, 0.3) is 0 Å². The first kappa shape index (κ1) is 13.8. The molecule has 1 atom stereocenters. The summed E-state index contributed by atoms with van der Waals surface area (Å²) in [6, 6.07) is 1.46. The molecule has 0 unspecified atom stereocenters. The Labute approximate surface area is 111 Å². The summed E-state index contributed by atoms with van der Waals surface area (Å²) < 4.78 is 13.9. The highest BCUT2D eigenvalue weighted by molar-refractivity contribution is 5.91. The van der Waals surface area contributed by atoms with Crippen LogP contribution in [0.5, 0.6) is 5.75 Å². The third kappa shape index (κ3) is 2.71. The number of carbonyl (C=O) groups is 1. The summed E-state index contributed by atoms with van der Waals surface area (Å²) in [6.07, 6.45) is 5.00. The molecule has 1 aromatic carbocycles. The van der Waals surface area contributed by atoms with Gasteiger partial charge in [-0.1, -0.05) is 19.3 Å². The molecule has 1 saturated carbocycles. The van der Waals surface area contributed by atoms with Crippen LogP contribution in [0.15, 0.2) is 12.1 Å². The van der Waals surface area contributed by atoms with Gasteiger partial charge in [0.1, 0.15) is 17.1 Å². The Morgan fingerprint density at radius 3 is 2.53 bits per heavy atom. The summed E-state index contributed by atoms with van der Waals surface area (Å²) in [4.78, 5) is 11.0. The van der Waals surface area contributed by atoms with Crippen LogP contribution >= 0.6 is 0 Å². The van der Waals surface area contributed by atoms with Gasteiger partial charge < -0.3 is 15.9 Å². The Bertz CT molecular complexity index is 484. The van der Waals surface area contributed by atoms with Crippen molar-refractivity contribution in [2.75, 3.05) is 0 Å². The number of halogens is 1. The molecule has 5 heteroatoms. The number of hydrogen-bond acceptors (Lipinski definition) is 3. The van der Waals surface area contributed by atoms with Crippen molar-refractivity contribution in [3.63, 3.8) is 0 Å². The van der Waals surface area contributed by atoms with Crippen LogP contribution in [-0.4, -0.2) is 16.2 Å². The topological polar surface area (TPSA) is 83.6 Å². The Kier molecular flexibility index (Phi) is 4.04. The van der Waals surface area contributed by atoms with E-state index >= 15 is 0 Å². The molecule has 1 aromatic rings. The van der Waals surface area contributed by atoms with E-state index in [2.05, 4.69) is 0 Å². The smallest absolute Gasteiger partial charge is 0.339 e. The standard InChI is InChI=1S/C14H18FNO3/c15-10-7-6-9(14(18)19)13(17)11(10)12(16)8-4-2-1-3-5-8/h6-8,12,17H,1-5,16H2,(H,18,19)/t12-/m1/s1. The van der Waals surface area contributed by atoms with Gasteiger partial charge in [0.15, 0.2) is 0 Å². The van der Waals surface area contributed by atoms with E-state index in [1.165, 1.54) is 0 Å². The molecule has 19 heavy (non-hydrogen) atoms. The third-order valence-corrected chi connectivity index (χ3v) is 3.89. The highest BCUT2D eigenvalue weighted by atomic mass is 19.1. The van der Waals surface area contributed by atoms with Crippen molar-refractivity contribution in [3.05, 3.63) is 29.1 Å². The molecule has 0 bridgehead atoms. The van der Waals surface area contributed by atoms with Crippen molar-refractivity contribution >= 4 is 5.97 Å². The molecule has 1 fully saturated rings. The molecule has 0 aliphatic heterocycles. The molecule has 104 valence electrons. The average Bonchev–Trinajstić information content (AvgIpc) is 2.39. The van der Waals surface area contributed by atoms with E-state index in [4.69, 9.17) is 10.8 Å². The number of phenols is 1. The van der Waals surface area contributed by atoms with Gasteiger partial charge in [0.05, 0.1) is 0 Å². The molecule has 0 radical (unpaired) electrons. The average molecular weight is 267 g/mol. The molecular formula is C14H18FNO3. The van der Waals surface area contributed by atoms with E-state index in [0.29, 0.717) is 0 Å². The highest BCUT2D eigenvalue weighted by Crippen LogP contribution is 2.38. The number of aromatic carboxylic acids is 1. The predicted molar refractivity (Wildman–Crippen MR) is 68.5 cm³/mol. The van der Waals surface area contributed by atoms with Crippen LogP contribution in [0.2, 0.25) is 0 Å². The zero-order chi connectivity index (χ0) is 14.0. The monoisotopic (exact) mass is 267 g/mol. The second-order valence-corrected chi connectivity index (χ2v) is 5.09. The SMILES string of the molecule is N[C@@H](c1c(F)ccc(C(=O)O)c1O)C1CCCCC1. The number of benzene rings is 1. The van der Waals surface area contributed by atoms with Crippen molar-refractivity contribution in [1.29, 1.82) is 0 Å². The lowest BCUT2D eigenvalue weighted by Gasteiger charge is -2.28. The van der Waals surface area contributed by atoms with Crippen LogP contribution in [-0.2, 0) is 0 Å². The lowest BCUT2D eigenvalue weighted by Crippen LogP contribution is -2.25. The van der Waals surface area contributed by atoms with Gasteiger partial charge in [-0.3, -0.25) is 0 Å². The van der Waals surface area contributed by atoms with Gasteiger partial charge in [0.2, 0.25) is 0 Å². The fourth-order valence-corrected chi connectivity index (χ4v) is 2.80. The molecular weight excluding hydrogens is 249 g/mol. The second kappa shape index (κ2) is 5.57. The maximum absolute atomic E-state index is 13.9. The van der Waals surface area contributed by atoms with Gasteiger partial charge >= 0.3 is 5.97 Å². The lowest BCUT2D eigenvalue weighted by atomic mass is 9.81. The molecule has 0 spiro atoms. The summed E-state index contributed by atoms with van der Waals surface area (Å²) >= 11 is 0. The van der Waals surface area contributed by atoms with E-state index in [0.717, 1.165) is 44.2 Å². The van der Waals surface area contributed by atoms with Crippen LogP contribution in [0.3, 0.4) is 0 Å². The Balaban J connectivity index is 2.37. The fraction of sp³-hybridized carbons (Fsp3) is 0.500. The Morgan fingerprint density at radius 1 is 1.32 bits per heavy atom. The van der Waals surface area contributed by atoms with Gasteiger partial charge in [-0.2, -0.15) is 0 Å². The second-order valence-electron chi connectivity index (χ2n) is 5.09. The number of carboxylic acid groups (broad SMARTS) is 1. The summed E-state index contributed by atoms with van der Waals surface area (Å²) in [5.41, 5.74) is 5.68. The number of hydrogen-bond donors (Lipinski definition) is 3. The quantitative estimate of drug-likeness (QED) is 0.786. The van der Waals surface area contributed by atoms with Crippen LogP contribution in [0, 0.1) is 11.7 Å². The van der Waals surface area contributed by atoms with E-state index < -0.39 is 23.6 Å². The first-order valence-electron chi connectivity index (χ1n) is 6.52. The van der Waals surface area contributed by atoms with Crippen molar-refractivity contribution in [3.8, 4) is 5.75 Å². The van der Waals surface area contributed by atoms with E-state index in [-0.39, 0.29) is 17.0 Å². The van der Waals surface area contributed by atoms with Crippen molar-refractivity contribution in [2.24, 2.45) is 11.7 Å². The lowest BCUT2D eigenvalue weighted by molar-refractivity contribution is 0.0693. The third-order valence-electron chi connectivity index (χ3n) is 3.89. The van der Waals surface area contributed by atoms with E-state index in [1.54, 1.807) is 0 Å². The number of nitrogens with two attached hydrogens (primary N) is 1. The fourth-order valence-electron chi connectivity index (χ4n) is 2.80.